The summed E-state index contributed by atoms with van der Waals surface area (Å²) in [5.74, 6) is 0. The van der Waals surface area contributed by atoms with Gasteiger partial charge in [-0.25, -0.2) is 0 Å². The molecule has 0 spiro atoms. The topological polar surface area (TPSA) is 38.0 Å². The molecule has 1 rings (SSSR count). The first-order valence-electron chi connectivity index (χ1n) is 4.31. The van der Waals surface area contributed by atoms with Gasteiger partial charge in [-0.2, -0.15) is 0 Å². The van der Waals surface area contributed by atoms with E-state index in [2.05, 4.69) is 37.4 Å². The minimum atomic E-state index is 0.623. The van der Waals surface area contributed by atoms with Gasteiger partial charge in [-0.15, -0.1) is 0 Å². The van der Waals surface area contributed by atoms with Crippen LogP contribution in [0.3, 0.4) is 0 Å². The Morgan fingerprint density at radius 2 is 2.17 bits per heavy atom. The van der Waals surface area contributed by atoms with Crippen molar-refractivity contribution >= 4 is 5.69 Å². The van der Waals surface area contributed by atoms with E-state index in [1.54, 1.807) is 0 Å². The minimum Gasteiger partial charge on any atom is -0.385 e. The third-order valence-electron chi connectivity index (χ3n) is 1.94. The van der Waals surface area contributed by atoms with Crippen LogP contribution in [-0.4, -0.2) is 6.54 Å². The quantitative estimate of drug-likeness (QED) is 0.716. The Bertz CT molecular complexity index is 256. The predicted molar refractivity (Wildman–Crippen MR) is 53.2 cm³/mol. The second-order valence-electron chi connectivity index (χ2n) is 2.88. The van der Waals surface area contributed by atoms with E-state index in [1.807, 2.05) is 0 Å². The summed E-state index contributed by atoms with van der Waals surface area (Å²) >= 11 is 0. The number of rotatable bonds is 3. The first-order valence-corrected chi connectivity index (χ1v) is 4.31. The van der Waals surface area contributed by atoms with Crippen molar-refractivity contribution in [2.45, 2.75) is 20.4 Å². The lowest BCUT2D eigenvalue weighted by Crippen LogP contribution is -2.01. The standard InChI is InChI=1S/C10H16N2/c1-3-12-10-5-4-9(7-11)8(2)6-10/h4-6,12H,3,7,11H2,1-2H3. The van der Waals surface area contributed by atoms with Gasteiger partial charge in [0.05, 0.1) is 0 Å². The van der Waals surface area contributed by atoms with Crippen molar-refractivity contribution in [3.05, 3.63) is 29.3 Å². The van der Waals surface area contributed by atoms with Gasteiger partial charge in [0.15, 0.2) is 0 Å². The monoisotopic (exact) mass is 164 g/mol. The molecule has 2 heteroatoms. The van der Waals surface area contributed by atoms with Crippen LogP contribution >= 0.6 is 0 Å². The molecule has 12 heavy (non-hydrogen) atoms. The molecule has 0 aliphatic rings. The number of hydrogen-bond donors (Lipinski definition) is 2. The highest BCUT2D eigenvalue weighted by molar-refractivity contribution is 5.48. The summed E-state index contributed by atoms with van der Waals surface area (Å²) < 4.78 is 0. The fourth-order valence-electron chi connectivity index (χ4n) is 1.24. The van der Waals surface area contributed by atoms with Crippen LogP contribution in [0.15, 0.2) is 18.2 Å². The zero-order valence-corrected chi connectivity index (χ0v) is 7.72. The lowest BCUT2D eigenvalue weighted by molar-refractivity contribution is 1.05. The van der Waals surface area contributed by atoms with E-state index in [1.165, 1.54) is 16.8 Å². The molecule has 1 aromatic carbocycles. The van der Waals surface area contributed by atoms with Gasteiger partial charge in [0.2, 0.25) is 0 Å². The van der Waals surface area contributed by atoms with Crippen LogP contribution in [0.2, 0.25) is 0 Å². The molecule has 1 aromatic rings. The fraction of sp³-hybridized carbons (Fsp3) is 0.400. The molecule has 3 N–H and O–H groups in total. The first kappa shape index (κ1) is 9.07. The Balaban J connectivity index is 2.86. The van der Waals surface area contributed by atoms with Crippen molar-refractivity contribution in [3.63, 3.8) is 0 Å². The Hall–Kier alpha value is -1.02. The maximum atomic E-state index is 5.55. The second kappa shape index (κ2) is 4.12. The van der Waals surface area contributed by atoms with E-state index in [0.29, 0.717) is 6.54 Å². The highest BCUT2D eigenvalue weighted by atomic mass is 14.8. The molecule has 0 saturated carbocycles. The second-order valence-corrected chi connectivity index (χ2v) is 2.88. The van der Waals surface area contributed by atoms with E-state index < -0.39 is 0 Å². The molecule has 2 nitrogen and oxygen atoms in total. The molecule has 0 atom stereocenters. The summed E-state index contributed by atoms with van der Waals surface area (Å²) in [4.78, 5) is 0. The van der Waals surface area contributed by atoms with Gasteiger partial charge in [-0.3, -0.25) is 0 Å². The van der Waals surface area contributed by atoms with Crippen LogP contribution in [0, 0.1) is 6.92 Å². The van der Waals surface area contributed by atoms with Gasteiger partial charge in [-0.05, 0) is 37.1 Å². The number of aryl methyl sites for hydroxylation is 1. The molecule has 66 valence electrons. The van der Waals surface area contributed by atoms with Crippen molar-refractivity contribution in [1.29, 1.82) is 0 Å². The van der Waals surface area contributed by atoms with Gasteiger partial charge in [0.1, 0.15) is 0 Å². The number of nitrogens with two attached hydrogens (primary N) is 1. The third kappa shape index (κ3) is 1.98. The van der Waals surface area contributed by atoms with E-state index in [0.717, 1.165) is 6.54 Å². The fourth-order valence-corrected chi connectivity index (χ4v) is 1.24. The number of anilines is 1. The smallest absolute Gasteiger partial charge is 0.0342 e. The molecule has 0 heterocycles. The van der Waals surface area contributed by atoms with Crippen molar-refractivity contribution < 1.29 is 0 Å². The van der Waals surface area contributed by atoms with Crippen LogP contribution in [0.4, 0.5) is 5.69 Å². The molecule has 0 bridgehead atoms. The highest BCUT2D eigenvalue weighted by Crippen LogP contribution is 2.14. The predicted octanol–water partition coefficient (Wildman–Crippen LogP) is 1.89. The zero-order valence-electron chi connectivity index (χ0n) is 7.72. The van der Waals surface area contributed by atoms with Crippen LogP contribution in [0.5, 0.6) is 0 Å². The van der Waals surface area contributed by atoms with Crippen LogP contribution in [-0.2, 0) is 6.54 Å². The zero-order chi connectivity index (χ0) is 8.97. The van der Waals surface area contributed by atoms with E-state index >= 15 is 0 Å². The number of hydrogen-bond acceptors (Lipinski definition) is 2. The van der Waals surface area contributed by atoms with Gasteiger partial charge in [-0.1, -0.05) is 6.07 Å². The highest BCUT2D eigenvalue weighted by Gasteiger charge is 1.96. The maximum Gasteiger partial charge on any atom is 0.0342 e. The van der Waals surface area contributed by atoms with Gasteiger partial charge >= 0.3 is 0 Å². The molecule has 0 fully saturated rings. The largest absolute Gasteiger partial charge is 0.385 e. The van der Waals surface area contributed by atoms with Crippen molar-refractivity contribution in [3.8, 4) is 0 Å². The molecule has 0 unspecified atom stereocenters. The molecule has 0 aliphatic heterocycles. The lowest BCUT2D eigenvalue weighted by Gasteiger charge is -2.07. The SMILES string of the molecule is CCNc1ccc(CN)c(C)c1. The van der Waals surface area contributed by atoms with Crippen molar-refractivity contribution in [2.75, 3.05) is 11.9 Å². The third-order valence-corrected chi connectivity index (χ3v) is 1.94. The Kier molecular flexibility index (Phi) is 3.11. The van der Waals surface area contributed by atoms with Gasteiger partial charge in [0.25, 0.3) is 0 Å². The Labute approximate surface area is 73.8 Å². The van der Waals surface area contributed by atoms with E-state index in [4.69, 9.17) is 5.73 Å². The lowest BCUT2D eigenvalue weighted by atomic mass is 10.1. The van der Waals surface area contributed by atoms with Crippen molar-refractivity contribution in [1.82, 2.24) is 0 Å². The maximum absolute atomic E-state index is 5.55. The molecular formula is C10H16N2. The average molecular weight is 164 g/mol. The summed E-state index contributed by atoms with van der Waals surface area (Å²) in [5.41, 5.74) is 9.21. The molecule has 0 saturated heterocycles. The van der Waals surface area contributed by atoms with Crippen molar-refractivity contribution in [2.24, 2.45) is 5.73 Å². The summed E-state index contributed by atoms with van der Waals surface area (Å²) in [6, 6.07) is 6.28. The molecule has 0 aliphatic carbocycles. The van der Waals surface area contributed by atoms with Crippen LogP contribution in [0.25, 0.3) is 0 Å². The number of benzene rings is 1. The summed E-state index contributed by atoms with van der Waals surface area (Å²) in [6.07, 6.45) is 0. The normalized spacial score (nSPS) is 9.92. The summed E-state index contributed by atoms with van der Waals surface area (Å²) in [7, 11) is 0. The number of nitrogens with one attached hydrogen (secondary N) is 1. The van der Waals surface area contributed by atoms with Crippen LogP contribution in [0.1, 0.15) is 18.1 Å². The van der Waals surface area contributed by atoms with Gasteiger partial charge < -0.3 is 11.1 Å². The summed E-state index contributed by atoms with van der Waals surface area (Å²) in [6.45, 7) is 5.76. The molecule has 0 radical (unpaired) electrons. The minimum absolute atomic E-state index is 0.623. The first-order chi connectivity index (χ1) is 5.77. The Morgan fingerprint density at radius 1 is 1.42 bits per heavy atom. The Morgan fingerprint density at radius 3 is 2.67 bits per heavy atom. The van der Waals surface area contributed by atoms with E-state index in [-0.39, 0.29) is 0 Å². The van der Waals surface area contributed by atoms with Gasteiger partial charge in [0, 0.05) is 18.8 Å². The molecule has 0 amide bonds. The van der Waals surface area contributed by atoms with Crippen LogP contribution < -0.4 is 11.1 Å². The van der Waals surface area contributed by atoms with E-state index in [9.17, 15) is 0 Å². The molecular weight excluding hydrogens is 148 g/mol. The molecule has 0 aromatic heterocycles. The average Bonchev–Trinajstić information content (AvgIpc) is 2.05. The summed E-state index contributed by atoms with van der Waals surface area (Å²) in [5, 5.41) is 3.26.